The van der Waals surface area contributed by atoms with Gasteiger partial charge in [0.1, 0.15) is 0 Å². The van der Waals surface area contributed by atoms with Crippen molar-refractivity contribution in [2.45, 2.75) is 43.6 Å². The molecule has 1 heterocycles. The second-order valence-electron chi connectivity index (χ2n) is 4.64. The van der Waals surface area contributed by atoms with E-state index in [2.05, 4.69) is 31.2 Å². The van der Waals surface area contributed by atoms with Crippen LogP contribution in [0.15, 0.2) is 41.4 Å². The molecular formula is C15H20N2OS. The maximum atomic E-state index is 8.99. The van der Waals surface area contributed by atoms with E-state index >= 15 is 0 Å². The second kappa shape index (κ2) is 6.78. The molecule has 0 spiro atoms. The molecule has 1 atom stereocenters. The molecule has 102 valence electrons. The molecule has 0 aliphatic carbocycles. The highest BCUT2D eigenvalue weighted by Crippen LogP contribution is 2.23. The van der Waals surface area contributed by atoms with Crippen molar-refractivity contribution in [1.82, 2.24) is 9.78 Å². The second-order valence-corrected chi connectivity index (χ2v) is 5.68. The van der Waals surface area contributed by atoms with Gasteiger partial charge in [-0.25, -0.2) is 0 Å². The largest absolute Gasteiger partial charge is 0.392 e. The van der Waals surface area contributed by atoms with Gasteiger partial charge >= 0.3 is 0 Å². The Hall–Kier alpha value is -1.26. The lowest BCUT2D eigenvalue weighted by Crippen LogP contribution is -2.04. The van der Waals surface area contributed by atoms with Gasteiger partial charge in [-0.3, -0.25) is 4.68 Å². The van der Waals surface area contributed by atoms with E-state index in [9.17, 15) is 0 Å². The Morgan fingerprint density at radius 2 is 2.00 bits per heavy atom. The Labute approximate surface area is 118 Å². The van der Waals surface area contributed by atoms with Crippen LogP contribution in [0.3, 0.4) is 0 Å². The average Bonchev–Trinajstić information content (AvgIpc) is 2.93. The summed E-state index contributed by atoms with van der Waals surface area (Å²) in [6, 6.07) is 10.5. The van der Waals surface area contributed by atoms with E-state index < -0.39 is 0 Å². The molecule has 0 bridgehead atoms. The first-order chi connectivity index (χ1) is 9.22. The van der Waals surface area contributed by atoms with E-state index in [4.69, 9.17) is 5.11 Å². The molecule has 3 nitrogen and oxygen atoms in total. The third-order valence-corrected chi connectivity index (χ3v) is 4.24. The minimum atomic E-state index is 0.101. The monoisotopic (exact) mass is 276 g/mol. The first-order valence-electron chi connectivity index (χ1n) is 6.59. The smallest absolute Gasteiger partial charge is 0.0727 e. The van der Waals surface area contributed by atoms with Crippen LogP contribution in [0.25, 0.3) is 0 Å². The minimum absolute atomic E-state index is 0.101. The standard InChI is InChI=1S/C15H20N2OS/c1-3-12(2)17-9-8-14(16-17)11-19-15-6-4-13(10-18)5-7-15/h4-9,12,18H,3,10-11H2,1-2H3. The lowest BCUT2D eigenvalue weighted by atomic mass is 10.2. The predicted molar refractivity (Wildman–Crippen MR) is 79.2 cm³/mol. The van der Waals surface area contributed by atoms with Crippen molar-refractivity contribution >= 4 is 11.8 Å². The van der Waals surface area contributed by atoms with Crippen molar-refractivity contribution in [3.63, 3.8) is 0 Å². The van der Waals surface area contributed by atoms with Gasteiger partial charge in [0.25, 0.3) is 0 Å². The van der Waals surface area contributed by atoms with Crippen LogP contribution in [-0.2, 0) is 12.4 Å². The minimum Gasteiger partial charge on any atom is -0.392 e. The lowest BCUT2D eigenvalue weighted by Gasteiger charge is -2.08. The molecule has 0 saturated carbocycles. The molecule has 0 amide bonds. The average molecular weight is 276 g/mol. The van der Waals surface area contributed by atoms with E-state index in [0.29, 0.717) is 6.04 Å². The summed E-state index contributed by atoms with van der Waals surface area (Å²) in [4.78, 5) is 1.20. The zero-order valence-electron chi connectivity index (χ0n) is 11.4. The molecule has 1 aromatic heterocycles. The quantitative estimate of drug-likeness (QED) is 0.819. The summed E-state index contributed by atoms with van der Waals surface area (Å²) in [7, 11) is 0. The topological polar surface area (TPSA) is 38.0 Å². The molecule has 0 aliphatic heterocycles. The fraction of sp³-hybridized carbons (Fsp3) is 0.400. The number of benzene rings is 1. The van der Waals surface area contributed by atoms with Crippen molar-refractivity contribution in [3.05, 3.63) is 47.8 Å². The van der Waals surface area contributed by atoms with Crippen LogP contribution in [0, 0.1) is 0 Å². The molecule has 1 unspecified atom stereocenters. The fourth-order valence-corrected chi connectivity index (χ4v) is 2.53. The van der Waals surface area contributed by atoms with Gasteiger partial charge in [0.15, 0.2) is 0 Å². The summed E-state index contributed by atoms with van der Waals surface area (Å²) in [5, 5.41) is 13.6. The highest BCUT2D eigenvalue weighted by atomic mass is 32.2. The van der Waals surface area contributed by atoms with Gasteiger partial charge in [-0.2, -0.15) is 5.10 Å². The maximum absolute atomic E-state index is 8.99. The van der Waals surface area contributed by atoms with Gasteiger partial charge in [0, 0.05) is 22.9 Å². The number of hydrogen-bond acceptors (Lipinski definition) is 3. The number of aliphatic hydroxyl groups excluding tert-OH is 1. The van der Waals surface area contributed by atoms with E-state index in [1.807, 2.05) is 28.9 Å². The van der Waals surface area contributed by atoms with Gasteiger partial charge in [-0.05, 0) is 37.1 Å². The normalized spacial score (nSPS) is 12.6. The van der Waals surface area contributed by atoms with E-state index in [-0.39, 0.29) is 6.61 Å². The van der Waals surface area contributed by atoms with E-state index in [1.165, 1.54) is 4.90 Å². The summed E-state index contributed by atoms with van der Waals surface area (Å²) in [6.45, 7) is 4.45. The third kappa shape index (κ3) is 3.85. The van der Waals surface area contributed by atoms with Crippen molar-refractivity contribution in [3.8, 4) is 0 Å². The Bertz CT molecular complexity index is 507. The van der Waals surface area contributed by atoms with Gasteiger partial charge in [-0.15, -0.1) is 11.8 Å². The number of rotatable bonds is 6. The zero-order valence-corrected chi connectivity index (χ0v) is 12.2. The Balaban J connectivity index is 1.92. The molecule has 0 radical (unpaired) electrons. The maximum Gasteiger partial charge on any atom is 0.0727 e. The number of thioether (sulfide) groups is 1. The number of nitrogens with zero attached hydrogens (tertiary/aromatic N) is 2. The summed E-state index contributed by atoms with van der Waals surface area (Å²) < 4.78 is 2.03. The Kier molecular flexibility index (Phi) is 5.05. The molecular weight excluding hydrogens is 256 g/mol. The van der Waals surface area contributed by atoms with Crippen LogP contribution in [0.4, 0.5) is 0 Å². The van der Waals surface area contributed by atoms with Crippen molar-refractivity contribution in [2.75, 3.05) is 0 Å². The van der Waals surface area contributed by atoms with E-state index in [0.717, 1.165) is 23.4 Å². The Morgan fingerprint density at radius 3 is 2.63 bits per heavy atom. The van der Waals surface area contributed by atoms with Crippen LogP contribution in [0.1, 0.15) is 37.6 Å². The SMILES string of the molecule is CCC(C)n1ccc(CSc2ccc(CO)cc2)n1. The number of aliphatic hydroxyl groups is 1. The van der Waals surface area contributed by atoms with Gasteiger partial charge in [-0.1, -0.05) is 19.1 Å². The van der Waals surface area contributed by atoms with Crippen molar-refractivity contribution in [2.24, 2.45) is 0 Å². The third-order valence-electron chi connectivity index (χ3n) is 3.20. The molecule has 1 aromatic carbocycles. The molecule has 2 aromatic rings. The Morgan fingerprint density at radius 1 is 1.26 bits per heavy atom. The summed E-state index contributed by atoms with van der Waals surface area (Å²) in [6.07, 6.45) is 3.15. The number of hydrogen-bond donors (Lipinski definition) is 1. The van der Waals surface area contributed by atoms with Crippen LogP contribution in [0.5, 0.6) is 0 Å². The van der Waals surface area contributed by atoms with Gasteiger partial charge in [0.05, 0.1) is 12.3 Å². The van der Waals surface area contributed by atoms with Gasteiger partial charge < -0.3 is 5.11 Å². The summed E-state index contributed by atoms with van der Waals surface area (Å²) in [5.74, 6) is 0.877. The highest BCUT2D eigenvalue weighted by Gasteiger charge is 2.05. The van der Waals surface area contributed by atoms with Crippen LogP contribution in [0.2, 0.25) is 0 Å². The predicted octanol–water partition coefficient (Wildman–Crippen LogP) is 3.64. The first-order valence-corrected chi connectivity index (χ1v) is 7.58. The first kappa shape index (κ1) is 14.2. The van der Waals surface area contributed by atoms with Crippen molar-refractivity contribution < 1.29 is 5.11 Å². The lowest BCUT2D eigenvalue weighted by molar-refractivity contribution is 0.282. The molecule has 0 saturated heterocycles. The molecule has 2 rings (SSSR count). The molecule has 19 heavy (non-hydrogen) atoms. The molecule has 1 N–H and O–H groups in total. The van der Waals surface area contributed by atoms with Gasteiger partial charge in [0.2, 0.25) is 0 Å². The molecule has 0 aliphatic rings. The van der Waals surface area contributed by atoms with Crippen LogP contribution in [-0.4, -0.2) is 14.9 Å². The summed E-state index contributed by atoms with van der Waals surface area (Å²) in [5.41, 5.74) is 2.06. The number of aromatic nitrogens is 2. The van der Waals surface area contributed by atoms with Crippen LogP contribution < -0.4 is 0 Å². The highest BCUT2D eigenvalue weighted by molar-refractivity contribution is 7.98. The molecule has 4 heteroatoms. The molecule has 0 fully saturated rings. The summed E-state index contributed by atoms with van der Waals surface area (Å²) >= 11 is 1.77. The fourth-order valence-electron chi connectivity index (χ4n) is 1.74. The van der Waals surface area contributed by atoms with Crippen LogP contribution >= 0.6 is 11.8 Å². The zero-order chi connectivity index (χ0) is 13.7. The van der Waals surface area contributed by atoms with E-state index in [1.54, 1.807) is 11.8 Å². The van der Waals surface area contributed by atoms with Crippen molar-refractivity contribution in [1.29, 1.82) is 0 Å².